The molecule has 3 heteroatoms. The average molecular weight is 178 g/mol. The van der Waals surface area contributed by atoms with Gasteiger partial charge in [0.05, 0.1) is 12.1 Å². The zero-order valence-electron chi connectivity index (χ0n) is 7.40. The number of aliphatic hydroxyl groups is 1. The molecule has 0 aliphatic carbocycles. The molecule has 0 spiro atoms. The molecule has 1 saturated heterocycles. The fourth-order valence-corrected chi connectivity index (χ4v) is 1.80. The highest BCUT2D eigenvalue weighted by Gasteiger charge is 2.26. The van der Waals surface area contributed by atoms with Crippen molar-refractivity contribution in [1.29, 1.82) is 0 Å². The summed E-state index contributed by atoms with van der Waals surface area (Å²) < 4.78 is 0. The first kappa shape index (κ1) is 8.53. The van der Waals surface area contributed by atoms with E-state index < -0.39 is 0 Å². The first-order chi connectivity index (χ1) is 6.29. The second-order valence-electron chi connectivity index (χ2n) is 3.42. The average Bonchev–Trinajstić information content (AvgIpc) is 2.52. The smallest absolute Gasteiger partial charge is 0.0747 e. The van der Waals surface area contributed by atoms with Gasteiger partial charge in [-0.25, -0.2) is 0 Å². The predicted octanol–water partition coefficient (Wildman–Crippen LogP) is 0.664. The Morgan fingerprint density at radius 3 is 2.77 bits per heavy atom. The number of aliphatic hydroxyl groups excluding tert-OH is 1. The Balaban J connectivity index is 2.29. The van der Waals surface area contributed by atoms with Crippen LogP contribution in [-0.4, -0.2) is 17.8 Å². The number of nitrogens with one attached hydrogen (secondary N) is 1. The molecule has 2 rings (SSSR count). The molecule has 0 bridgehead atoms. The van der Waals surface area contributed by atoms with Gasteiger partial charge < -0.3 is 16.2 Å². The zero-order chi connectivity index (χ0) is 9.26. The minimum Gasteiger partial charge on any atom is -0.398 e. The highest BCUT2D eigenvalue weighted by atomic mass is 16.3. The van der Waals surface area contributed by atoms with E-state index in [1.165, 1.54) is 0 Å². The van der Waals surface area contributed by atoms with Crippen LogP contribution in [0.15, 0.2) is 24.3 Å². The molecule has 4 N–H and O–H groups in total. The predicted molar refractivity (Wildman–Crippen MR) is 52.2 cm³/mol. The van der Waals surface area contributed by atoms with Crippen LogP contribution < -0.4 is 11.1 Å². The van der Waals surface area contributed by atoms with Crippen molar-refractivity contribution >= 4 is 5.69 Å². The maximum absolute atomic E-state index is 9.65. The van der Waals surface area contributed by atoms with Gasteiger partial charge in [-0.2, -0.15) is 0 Å². The maximum Gasteiger partial charge on any atom is 0.0747 e. The second-order valence-corrected chi connectivity index (χ2v) is 3.42. The molecule has 1 aromatic carbocycles. The van der Waals surface area contributed by atoms with Gasteiger partial charge in [0.2, 0.25) is 0 Å². The fraction of sp³-hybridized carbons (Fsp3) is 0.400. The van der Waals surface area contributed by atoms with E-state index in [1.807, 2.05) is 24.3 Å². The van der Waals surface area contributed by atoms with Crippen LogP contribution >= 0.6 is 0 Å². The number of hydrogen-bond donors (Lipinski definition) is 3. The van der Waals surface area contributed by atoms with Gasteiger partial charge >= 0.3 is 0 Å². The summed E-state index contributed by atoms with van der Waals surface area (Å²) in [7, 11) is 0. The normalized spacial score (nSPS) is 27.8. The Morgan fingerprint density at radius 1 is 1.38 bits per heavy atom. The summed E-state index contributed by atoms with van der Waals surface area (Å²) in [4.78, 5) is 0. The molecule has 2 atom stereocenters. The lowest BCUT2D eigenvalue weighted by Crippen LogP contribution is -2.21. The molecule has 0 radical (unpaired) electrons. The number of benzene rings is 1. The summed E-state index contributed by atoms with van der Waals surface area (Å²) in [6.45, 7) is 0.861. The molecule has 1 heterocycles. The van der Waals surface area contributed by atoms with E-state index in [4.69, 9.17) is 5.73 Å². The number of anilines is 1. The molecule has 3 nitrogen and oxygen atoms in total. The Morgan fingerprint density at radius 2 is 2.15 bits per heavy atom. The molecule has 13 heavy (non-hydrogen) atoms. The highest BCUT2D eigenvalue weighted by molar-refractivity contribution is 5.48. The molecule has 0 amide bonds. The van der Waals surface area contributed by atoms with Crippen LogP contribution in [0.25, 0.3) is 0 Å². The van der Waals surface area contributed by atoms with E-state index in [-0.39, 0.29) is 12.1 Å². The summed E-state index contributed by atoms with van der Waals surface area (Å²) in [6, 6.07) is 7.68. The van der Waals surface area contributed by atoms with Gasteiger partial charge in [-0.1, -0.05) is 18.2 Å². The van der Waals surface area contributed by atoms with Crippen molar-refractivity contribution in [2.24, 2.45) is 0 Å². The van der Waals surface area contributed by atoms with E-state index in [1.54, 1.807) is 0 Å². The molecular formula is C10H14N2O. The van der Waals surface area contributed by atoms with E-state index in [2.05, 4.69) is 5.32 Å². The van der Waals surface area contributed by atoms with Crippen molar-refractivity contribution in [2.45, 2.75) is 18.6 Å². The third kappa shape index (κ3) is 1.53. The van der Waals surface area contributed by atoms with Crippen molar-refractivity contribution in [3.63, 3.8) is 0 Å². The fourth-order valence-electron chi connectivity index (χ4n) is 1.80. The van der Waals surface area contributed by atoms with Gasteiger partial charge in [0.15, 0.2) is 0 Å². The maximum atomic E-state index is 9.65. The summed E-state index contributed by atoms with van der Waals surface area (Å²) in [5.74, 6) is 0. The van der Waals surface area contributed by atoms with Crippen molar-refractivity contribution in [2.75, 3.05) is 12.3 Å². The minimum absolute atomic E-state index is 0.0150. The van der Waals surface area contributed by atoms with Crippen LogP contribution in [0.4, 0.5) is 5.69 Å². The van der Waals surface area contributed by atoms with Crippen LogP contribution in [0.2, 0.25) is 0 Å². The first-order valence-corrected chi connectivity index (χ1v) is 4.55. The quantitative estimate of drug-likeness (QED) is 0.554. The van der Waals surface area contributed by atoms with Crippen molar-refractivity contribution < 1.29 is 5.11 Å². The van der Waals surface area contributed by atoms with E-state index in [0.717, 1.165) is 24.2 Å². The summed E-state index contributed by atoms with van der Waals surface area (Å²) >= 11 is 0. The van der Waals surface area contributed by atoms with Crippen LogP contribution in [-0.2, 0) is 0 Å². The number of para-hydroxylation sites is 1. The Labute approximate surface area is 77.6 Å². The lowest BCUT2D eigenvalue weighted by Gasteiger charge is -2.16. The lowest BCUT2D eigenvalue weighted by atomic mass is 10.0. The SMILES string of the molecule is Nc1ccccc1C1NCCC1O. The van der Waals surface area contributed by atoms with Gasteiger partial charge in [-0.3, -0.25) is 0 Å². The van der Waals surface area contributed by atoms with E-state index in [0.29, 0.717) is 0 Å². The minimum atomic E-state index is -0.301. The van der Waals surface area contributed by atoms with Crippen molar-refractivity contribution in [3.8, 4) is 0 Å². The number of rotatable bonds is 1. The van der Waals surface area contributed by atoms with Crippen molar-refractivity contribution in [1.82, 2.24) is 5.32 Å². The third-order valence-electron chi connectivity index (χ3n) is 2.52. The molecule has 1 aliphatic heterocycles. The van der Waals surface area contributed by atoms with Gasteiger partial charge in [0, 0.05) is 5.69 Å². The van der Waals surface area contributed by atoms with Gasteiger partial charge in [0.1, 0.15) is 0 Å². The summed E-state index contributed by atoms with van der Waals surface area (Å²) in [5, 5.41) is 12.9. The molecule has 0 aromatic heterocycles. The Hall–Kier alpha value is -1.06. The van der Waals surface area contributed by atoms with Crippen LogP contribution in [0.3, 0.4) is 0 Å². The summed E-state index contributed by atoms with van der Waals surface area (Å²) in [5.41, 5.74) is 7.57. The lowest BCUT2D eigenvalue weighted by molar-refractivity contribution is 0.160. The standard InChI is InChI=1S/C10H14N2O/c11-8-4-2-1-3-7(8)10-9(13)5-6-12-10/h1-4,9-10,12-13H,5-6,11H2. The molecule has 2 unspecified atom stereocenters. The van der Waals surface area contributed by atoms with E-state index in [9.17, 15) is 5.11 Å². The molecule has 1 fully saturated rings. The molecular weight excluding hydrogens is 164 g/mol. The van der Waals surface area contributed by atoms with E-state index >= 15 is 0 Å². The van der Waals surface area contributed by atoms with Crippen molar-refractivity contribution in [3.05, 3.63) is 29.8 Å². The van der Waals surface area contributed by atoms with Crippen LogP contribution in [0.5, 0.6) is 0 Å². The summed E-state index contributed by atoms with van der Waals surface area (Å²) in [6.07, 6.45) is 0.503. The molecule has 70 valence electrons. The van der Waals surface area contributed by atoms with Crippen LogP contribution in [0, 0.1) is 0 Å². The molecule has 1 aromatic rings. The van der Waals surface area contributed by atoms with Gasteiger partial charge in [0.25, 0.3) is 0 Å². The largest absolute Gasteiger partial charge is 0.398 e. The molecule has 1 aliphatic rings. The topological polar surface area (TPSA) is 58.3 Å². The van der Waals surface area contributed by atoms with Gasteiger partial charge in [-0.05, 0) is 24.6 Å². The number of nitrogens with two attached hydrogens (primary N) is 1. The Bertz CT molecular complexity index is 301. The monoisotopic (exact) mass is 178 g/mol. The second kappa shape index (κ2) is 3.36. The van der Waals surface area contributed by atoms with Crippen LogP contribution in [0.1, 0.15) is 18.0 Å². The van der Waals surface area contributed by atoms with Gasteiger partial charge in [-0.15, -0.1) is 0 Å². The number of hydrogen-bond acceptors (Lipinski definition) is 3. The first-order valence-electron chi connectivity index (χ1n) is 4.55. The Kier molecular flexibility index (Phi) is 2.20. The third-order valence-corrected chi connectivity index (χ3v) is 2.52. The zero-order valence-corrected chi connectivity index (χ0v) is 7.40. The highest BCUT2D eigenvalue weighted by Crippen LogP contribution is 2.27. The molecule has 0 saturated carbocycles. The number of nitrogen functional groups attached to an aromatic ring is 1.